The van der Waals surface area contributed by atoms with Gasteiger partial charge in [0.25, 0.3) is 5.91 Å². The Morgan fingerprint density at radius 1 is 0.895 bits per heavy atom. The molecular weight excluding hydrogens is 484 g/mol. The van der Waals surface area contributed by atoms with Crippen LogP contribution in [0, 0.1) is 17.2 Å². The van der Waals surface area contributed by atoms with Crippen molar-refractivity contribution in [1.82, 2.24) is 5.32 Å². The molecule has 1 atom stereocenters. The zero-order valence-corrected chi connectivity index (χ0v) is 22.0. The van der Waals surface area contributed by atoms with Gasteiger partial charge in [-0.3, -0.25) is 9.59 Å². The molecule has 0 aliphatic carbocycles. The first kappa shape index (κ1) is 27.9. The Morgan fingerprint density at radius 3 is 2.18 bits per heavy atom. The zero-order chi connectivity index (χ0) is 27.8. The fraction of sp³-hybridized carbons (Fsp3) is 0.267. The van der Waals surface area contributed by atoms with Gasteiger partial charge in [0.15, 0.2) is 0 Å². The Hall–Kier alpha value is -4.64. The third-order valence-electron chi connectivity index (χ3n) is 6.03. The Kier molecular flexibility index (Phi) is 9.23. The maximum absolute atomic E-state index is 13.1. The molecule has 1 unspecified atom stereocenters. The van der Waals surface area contributed by atoms with E-state index in [1.165, 1.54) is 27.4 Å². The van der Waals surface area contributed by atoms with Crippen molar-refractivity contribution >= 4 is 17.8 Å². The lowest BCUT2D eigenvalue weighted by atomic mass is 9.84. The number of carbonyl (C=O) groups excluding carboxylic acids is 3. The van der Waals surface area contributed by atoms with E-state index in [-0.39, 0.29) is 17.4 Å². The third kappa shape index (κ3) is 6.19. The van der Waals surface area contributed by atoms with Gasteiger partial charge in [-0.15, -0.1) is 0 Å². The maximum Gasteiger partial charge on any atom is 0.338 e. The average Bonchev–Trinajstić information content (AvgIpc) is 2.95. The minimum Gasteiger partial charge on any atom is -0.497 e. The molecule has 38 heavy (non-hydrogen) atoms. The van der Waals surface area contributed by atoms with Crippen LogP contribution in [0.2, 0.25) is 0 Å². The van der Waals surface area contributed by atoms with Crippen molar-refractivity contribution in [3.63, 3.8) is 0 Å². The Balaban J connectivity index is 2.24. The van der Waals surface area contributed by atoms with Crippen LogP contribution in [0.3, 0.4) is 0 Å². The summed E-state index contributed by atoms with van der Waals surface area (Å²) in [5.74, 6) is -1.58. The van der Waals surface area contributed by atoms with Crippen molar-refractivity contribution in [1.29, 1.82) is 5.26 Å². The molecule has 8 heteroatoms. The molecule has 0 fully saturated rings. The van der Waals surface area contributed by atoms with Crippen molar-refractivity contribution in [3.05, 3.63) is 88.5 Å². The number of esters is 2. The smallest absolute Gasteiger partial charge is 0.338 e. The van der Waals surface area contributed by atoms with Gasteiger partial charge >= 0.3 is 11.9 Å². The maximum atomic E-state index is 13.1. The number of ether oxygens (including phenoxy) is 3. The summed E-state index contributed by atoms with van der Waals surface area (Å²) in [6.45, 7) is 4.46. The molecule has 0 saturated heterocycles. The van der Waals surface area contributed by atoms with E-state index in [0.29, 0.717) is 45.7 Å². The number of hydrogen-bond acceptors (Lipinski definition) is 7. The van der Waals surface area contributed by atoms with Crippen molar-refractivity contribution < 1.29 is 28.6 Å². The predicted octanol–water partition coefficient (Wildman–Crippen LogP) is 4.71. The van der Waals surface area contributed by atoms with Gasteiger partial charge in [-0.2, -0.15) is 5.26 Å². The molecular formula is C30H30N2O6. The lowest BCUT2D eigenvalue weighted by Gasteiger charge is -2.21. The number of rotatable bonds is 9. The normalized spacial score (nSPS) is 11.3. The number of nitrogens with zero attached hydrogens (tertiary/aromatic N) is 1. The van der Waals surface area contributed by atoms with E-state index in [0.717, 1.165) is 0 Å². The second-order valence-corrected chi connectivity index (χ2v) is 9.00. The lowest BCUT2D eigenvalue weighted by Crippen LogP contribution is -2.27. The van der Waals surface area contributed by atoms with Crippen LogP contribution in [-0.4, -0.2) is 45.7 Å². The third-order valence-corrected chi connectivity index (χ3v) is 6.03. The van der Waals surface area contributed by atoms with Crippen LogP contribution in [0.15, 0.2) is 60.7 Å². The molecule has 1 N–H and O–H groups in total. The van der Waals surface area contributed by atoms with Gasteiger partial charge in [-0.05, 0) is 64.6 Å². The zero-order valence-electron chi connectivity index (χ0n) is 22.0. The highest BCUT2D eigenvalue weighted by Crippen LogP contribution is 2.38. The van der Waals surface area contributed by atoms with Gasteiger partial charge in [0.1, 0.15) is 11.7 Å². The Morgan fingerprint density at radius 2 is 1.61 bits per heavy atom. The van der Waals surface area contributed by atoms with Crippen LogP contribution < -0.4 is 10.1 Å². The van der Waals surface area contributed by atoms with E-state index in [1.54, 1.807) is 54.6 Å². The number of nitrogens with one attached hydrogen (secondary N) is 1. The molecule has 0 aliphatic rings. The molecule has 0 heterocycles. The van der Waals surface area contributed by atoms with Crippen molar-refractivity contribution in [2.75, 3.05) is 27.9 Å². The summed E-state index contributed by atoms with van der Waals surface area (Å²) in [6, 6.07) is 18.6. The standard InChI is InChI=1S/C30H30N2O6/c1-18(2)17-32-28(33)21-10-12-23(26(14-21)29(34)37-4)25-15-22(36-3)11-13-24(25)27(30(35)38-5)20-8-6-19(16-31)7-9-20/h6-15,18,27H,17H2,1-5H3,(H,32,33). The summed E-state index contributed by atoms with van der Waals surface area (Å²) in [5.41, 5.74) is 3.04. The Bertz CT molecular complexity index is 1370. The second kappa shape index (κ2) is 12.5. The summed E-state index contributed by atoms with van der Waals surface area (Å²) in [7, 11) is 4.07. The van der Waals surface area contributed by atoms with Crippen LogP contribution in [0.1, 0.15) is 57.2 Å². The monoisotopic (exact) mass is 514 g/mol. The molecule has 8 nitrogen and oxygen atoms in total. The SMILES string of the molecule is COC(=O)c1cc(C(=O)NCC(C)C)ccc1-c1cc(OC)ccc1C(C(=O)OC)c1ccc(C#N)cc1. The van der Waals surface area contributed by atoms with Gasteiger partial charge in [0.05, 0.1) is 38.5 Å². The van der Waals surface area contributed by atoms with Crippen molar-refractivity contribution in [2.45, 2.75) is 19.8 Å². The summed E-state index contributed by atoms with van der Waals surface area (Å²) >= 11 is 0. The topological polar surface area (TPSA) is 115 Å². The van der Waals surface area contributed by atoms with E-state index in [2.05, 4.69) is 11.4 Å². The summed E-state index contributed by atoms with van der Waals surface area (Å²) < 4.78 is 15.6. The molecule has 0 spiro atoms. The van der Waals surface area contributed by atoms with Gasteiger partial charge in [-0.1, -0.05) is 38.1 Å². The molecule has 0 aliphatic heterocycles. The van der Waals surface area contributed by atoms with Gasteiger partial charge in [0.2, 0.25) is 0 Å². The highest BCUT2D eigenvalue weighted by Gasteiger charge is 2.29. The minimum absolute atomic E-state index is 0.155. The summed E-state index contributed by atoms with van der Waals surface area (Å²) in [5, 5.41) is 12.0. The number of hydrogen-bond donors (Lipinski definition) is 1. The van der Waals surface area contributed by atoms with Crippen LogP contribution in [-0.2, 0) is 14.3 Å². The van der Waals surface area contributed by atoms with Crippen LogP contribution >= 0.6 is 0 Å². The van der Waals surface area contributed by atoms with Crippen molar-refractivity contribution in [2.24, 2.45) is 5.92 Å². The molecule has 0 aromatic heterocycles. The van der Waals surface area contributed by atoms with Crippen LogP contribution in [0.4, 0.5) is 0 Å². The number of amides is 1. The summed E-state index contributed by atoms with van der Waals surface area (Å²) in [4.78, 5) is 38.7. The first-order valence-electron chi connectivity index (χ1n) is 12.0. The number of nitriles is 1. The molecule has 3 aromatic carbocycles. The van der Waals surface area contributed by atoms with E-state index in [1.807, 2.05) is 13.8 Å². The van der Waals surface area contributed by atoms with Gasteiger partial charge in [-0.25, -0.2) is 4.79 Å². The van der Waals surface area contributed by atoms with Crippen LogP contribution in [0.5, 0.6) is 5.75 Å². The number of carbonyl (C=O) groups is 3. The quantitative estimate of drug-likeness (QED) is 0.411. The van der Waals surface area contributed by atoms with Crippen LogP contribution in [0.25, 0.3) is 11.1 Å². The minimum atomic E-state index is -0.867. The van der Waals surface area contributed by atoms with Gasteiger partial charge in [0, 0.05) is 12.1 Å². The molecule has 0 saturated carbocycles. The Labute approximate surface area is 222 Å². The van der Waals surface area contributed by atoms with E-state index >= 15 is 0 Å². The van der Waals surface area contributed by atoms with Gasteiger partial charge < -0.3 is 19.5 Å². The molecule has 196 valence electrons. The molecule has 1 amide bonds. The molecule has 3 rings (SSSR count). The average molecular weight is 515 g/mol. The highest BCUT2D eigenvalue weighted by atomic mass is 16.5. The number of benzene rings is 3. The first-order valence-corrected chi connectivity index (χ1v) is 12.0. The largest absolute Gasteiger partial charge is 0.497 e. The highest BCUT2D eigenvalue weighted by molar-refractivity contribution is 6.03. The van der Waals surface area contributed by atoms with Crippen molar-refractivity contribution in [3.8, 4) is 22.9 Å². The summed E-state index contributed by atoms with van der Waals surface area (Å²) in [6.07, 6.45) is 0. The molecule has 0 radical (unpaired) electrons. The lowest BCUT2D eigenvalue weighted by molar-refractivity contribution is -0.141. The van der Waals surface area contributed by atoms with E-state index < -0.39 is 17.9 Å². The fourth-order valence-electron chi connectivity index (χ4n) is 4.06. The first-order chi connectivity index (χ1) is 18.2. The van der Waals surface area contributed by atoms with E-state index in [9.17, 15) is 19.6 Å². The fourth-order valence-corrected chi connectivity index (χ4v) is 4.06. The molecule has 3 aromatic rings. The predicted molar refractivity (Wildman–Crippen MR) is 142 cm³/mol. The second-order valence-electron chi connectivity index (χ2n) is 9.00. The van der Waals surface area contributed by atoms with E-state index in [4.69, 9.17) is 14.2 Å². The molecule has 0 bridgehead atoms. The number of methoxy groups -OCH3 is 3.